The first-order valence-corrected chi connectivity index (χ1v) is 9.76. The van der Waals surface area contributed by atoms with Gasteiger partial charge in [0.15, 0.2) is 5.13 Å². The highest BCUT2D eigenvalue weighted by molar-refractivity contribution is 7.13. The molecule has 1 N–H and O–H groups in total. The summed E-state index contributed by atoms with van der Waals surface area (Å²) in [6.45, 7) is 1.97. The molecule has 4 nitrogen and oxygen atoms in total. The number of anilines is 1. The quantitative estimate of drug-likeness (QED) is 0.680. The number of amides is 1. The second-order valence-electron chi connectivity index (χ2n) is 6.90. The molecule has 0 spiro atoms. The highest BCUT2D eigenvalue weighted by Crippen LogP contribution is 2.51. The third-order valence-corrected chi connectivity index (χ3v) is 6.06. The largest absolute Gasteiger partial charge is 0.301 e. The predicted molar refractivity (Wildman–Crippen MR) is 107 cm³/mol. The van der Waals surface area contributed by atoms with E-state index < -0.39 is 5.41 Å². The first-order chi connectivity index (χ1) is 13.0. The van der Waals surface area contributed by atoms with Gasteiger partial charge in [0.05, 0.1) is 17.0 Å². The number of carbonyl (C=O) groups is 1. The molecule has 0 bridgehead atoms. The topological polar surface area (TPSA) is 65.8 Å². The van der Waals surface area contributed by atoms with E-state index in [2.05, 4.69) is 16.4 Å². The van der Waals surface area contributed by atoms with E-state index in [-0.39, 0.29) is 11.8 Å². The van der Waals surface area contributed by atoms with E-state index in [0.717, 1.165) is 16.7 Å². The lowest BCUT2D eigenvalue weighted by Crippen LogP contribution is -2.37. The van der Waals surface area contributed by atoms with Crippen molar-refractivity contribution in [3.05, 3.63) is 81.3 Å². The molecule has 0 saturated carbocycles. The molecule has 1 aliphatic rings. The number of nitrogens with one attached hydrogen (secondary N) is 1. The van der Waals surface area contributed by atoms with Crippen molar-refractivity contribution in [3.63, 3.8) is 0 Å². The summed E-state index contributed by atoms with van der Waals surface area (Å²) in [4.78, 5) is 17.5. The molecule has 3 aromatic rings. The number of benzene rings is 2. The van der Waals surface area contributed by atoms with Crippen molar-refractivity contribution in [2.24, 2.45) is 5.41 Å². The van der Waals surface area contributed by atoms with Crippen LogP contribution in [0.4, 0.5) is 5.13 Å². The molecule has 1 aliphatic carbocycles. The minimum absolute atomic E-state index is 0.0860. The van der Waals surface area contributed by atoms with Gasteiger partial charge in [0.1, 0.15) is 0 Å². The zero-order valence-corrected chi connectivity index (χ0v) is 16.1. The first kappa shape index (κ1) is 17.7. The molecule has 0 saturated heterocycles. The number of hydrogen-bond donors (Lipinski definition) is 1. The molecule has 27 heavy (non-hydrogen) atoms. The molecule has 2 unspecified atom stereocenters. The van der Waals surface area contributed by atoms with E-state index in [1.165, 1.54) is 11.3 Å². The predicted octanol–water partition coefficient (Wildman–Crippen LogP) is 5.00. The Morgan fingerprint density at radius 2 is 2.22 bits per heavy atom. The van der Waals surface area contributed by atoms with Gasteiger partial charge in [0, 0.05) is 22.5 Å². The van der Waals surface area contributed by atoms with Gasteiger partial charge in [-0.1, -0.05) is 29.8 Å². The zero-order chi connectivity index (χ0) is 19.0. The fourth-order valence-corrected chi connectivity index (χ4v) is 4.63. The van der Waals surface area contributed by atoms with Gasteiger partial charge in [-0.2, -0.15) is 5.26 Å². The maximum atomic E-state index is 13.3. The minimum atomic E-state index is -0.716. The third kappa shape index (κ3) is 3.12. The van der Waals surface area contributed by atoms with Crippen LogP contribution in [-0.2, 0) is 11.2 Å². The van der Waals surface area contributed by atoms with Gasteiger partial charge >= 0.3 is 0 Å². The van der Waals surface area contributed by atoms with E-state index in [1.54, 1.807) is 12.3 Å². The minimum Gasteiger partial charge on any atom is -0.301 e. The number of thiazole rings is 1. The van der Waals surface area contributed by atoms with Crippen molar-refractivity contribution in [2.45, 2.75) is 19.3 Å². The van der Waals surface area contributed by atoms with Crippen molar-refractivity contribution in [1.29, 1.82) is 5.26 Å². The summed E-state index contributed by atoms with van der Waals surface area (Å²) in [5.74, 6) is -0.281. The number of aromatic nitrogens is 1. The zero-order valence-electron chi connectivity index (χ0n) is 14.6. The fraction of sp³-hybridized carbons (Fsp3) is 0.190. The number of hydrogen-bond acceptors (Lipinski definition) is 4. The van der Waals surface area contributed by atoms with E-state index >= 15 is 0 Å². The van der Waals surface area contributed by atoms with Crippen molar-refractivity contribution < 1.29 is 4.79 Å². The summed E-state index contributed by atoms with van der Waals surface area (Å²) < 4.78 is 0. The Balaban J connectivity index is 1.83. The maximum absolute atomic E-state index is 13.3. The Bertz CT molecular complexity index is 1060. The number of carbonyl (C=O) groups excluding carboxylic acids is 1. The lowest BCUT2D eigenvalue weighted by atomic mass is 9.73. The van der Waals surface area contributed by atoms with Crippen LogP contribution < -0.4 is 5.32 Å². The smallest absolute Gasteiger partial charge is 0.233 e. The lowest BCUT2D eigenvalue weighted by Gasteiger charge is -2.31. The van der Waals surface area contributed by atoms with Crippen molar-refractivity contribution in [2.75, 3.05) is 5.32 Å². The molecule has 1 aromatic heterocycles. The normalized spacial score (nSPS) is 20.7. The van der Waals surface area contributed by atoms with Gasteiger partial charge in [-0.15, -0.1) is 11.3 Å². The van der Waals surface area contributed by atoms with Gasteiger partial charge in [0.2, 0.25) is 5.91 Å². The molecule has 0 fully saturated rings. The molecular weight excluding hydrogens is 378 g/mol. The lowest BCUT2D eigenvalue weighted by molar-refractivity contribution is -0.125. The SMILES string of the molecule is CC1(C(=O)Nc2nccs2)Cc2ccc(C#N)cc2C1c1cccc(Cl)c1. The summed E-state index contributed by atoms with van der Waals surface area (Å²) >= 11 is 7.63. The van der Waals surface area contributed by atoms with Crippen LogP contribution in [-0.4, -0.2) is 10.9 Å². The molecule has 0 aliphatic heterocycles. The van der Waals surface area contributed by atoms with Gasteiger partial charge in [-0.05, 0) is 54.3 Å². The van der Waals surface area contributed by atoms with Gasteiger partial charge in [0.25, 0.3) is 0 Å². The molecule has 1 heterocycles. The number of fused-ring (bicyclic) bond motifs is 1. The van der Waals surface area contributed by atoms with Crippen molar-refractivity contribution in [1.82, 2.24) is 4.98 Å². The summed E-state index contributed by atoms with van der Waals surface area (Å²) in [6, 6.07) is 15.4. The number of nitriles is 1. The van der Waals surface area contributed by atoms with E-state index in [1.807, 2.05) is 48.7 Å². The van der Waals surface area contributed by atoms with Gasteiger partial charge in [-0.25, -0.2) is 4.98 Å². The average molecular weight is 394 g/mol. The second-order valence-corrected chi connectivity index (χ2v) is 8.23. The number of nitrogens with zero attached hydrogens (tertiary/aromatic N) is 2. The average Bonchev–Trinajstić information content (AvgIpc) is 3.26. The number of halogens is 1. The fourth-order valence-electron chi connectivity index (χ4n) is 3.91. The Labute approximate surface area is 166 Å². The van der Waals surface area contributed by atoms with Crippen LogP contribution in [0.2, 0.25) is 5.02 Å². The van der Waals surface area contributed by atoms with Crippen LogP contribution >= 0.6 is 22.9 Å². The number of rotatable bonds is 3. The standard InChI is InChI=1S/C21H16ClN3OS/c1-21(19(26)25-20-24-7-8-27-20)11-15-6-5-13(12-23)9-17(15)18(21)14-3-2-4-16(22)10-14/h2-10,18H,11H2,1H3,(H,24,25,26). The van der Waals surface area contributed by atoms with Crippen LogP contribution in [0.5, 0.6) is 0 Å². The summed E-state index contributed by atoms with van der Waals surface area (Å²) in [7, 11) is 0. The summed E-state index contributed by atoms with van der Waals surface area (Å²) in [5, 5.41) is 15.3. The van der Waals surface area contributed by atoms with Crippen LogP contribution in [0, 0.1) is 16.7 Å². The highest BCUT2D eigenvalue weighted by Gasteiger charge is 2.49. The Kier molecular flexibility index (Phi) is 4.47. The monoisotopic (exact) mass is 393 g/mol. The molecule has 4 rings (SSSR count). The molecular formula is C21H16ClN3OS. The van der Waals surface area contributed by atoms with Crippen molar-refractivity contribution in [3.8, 4) is 6.07 Å². The van der Waals surface area contributed by atoms with E-state index in [0.29, 0.717) is 22.1 Å². The van der Waals surface area contributed by atoms with Crippen LogP contribution in [0.1, 0.15) is 35.1 Å². The summed E-state index contributed by atoms with van der Waals surface area (Å²) in [6.07, 6.45) is 2.25. The highest BCUT2D eigenvalue weighted by atomic mass is 35.5. The van der Waals surface area contributed by atoms with Gasteiger partial charge in [-0.3, -0.25) is 4.79 Å². The summed E-state index contributed by atoms with van der Waals surface area (Å²) in [5.41, 5.74) is 2.93. The van der Waals surface area contributed by atoms with E-state index in [9.17, 15) is 10.1 Å². The van der Waals surface area contributed by atoms with Crippen LogP contribution in [0.25, 0.3) is 0 Å². The molecule has 2 atom stereocenters. The van der Waals surface area contributed by atoms with E-state index in [4.69, 9.17) is 11.6 Å². The molecule has 6 heteroatoms. The maximum Gasteiger partial charge on any atom is 0.233 e. The Hall–Kier alpha value is -2.68. The molecule has 0 radical (unpaired) electrons. The Morgan fingerprint density at radius 3 is 2.93 bits per heavy atom. The van der Waals surface area contributed by atoms with Crippen LogP contribution in [0.3, 0.4) is 0 Å². The second kappa shape index (κ2) is 6.80. The Morgan fingerprint density at radius 1 is 1.37 bits per heavy atom. The molecule has 2 aromatic carbocycles. The van der Waals surface area contributed by atoms with Crippen LogP contribution in [0.15, 0.2) is 54.0 Å². The molecule has 1 amide bonds. The van der Waals surface area contributed by atoms with Gasteiger partial charge < -0.3 is 5.32 Å². The third-order valence-electron chi connectivity index (χ3n) is 5.13. The van der Waals surface area contributed by atoms with Crippen molar-refractivity contribution >= 4 is 34.0 Å². The first-order valence-electron chi connectivity index (χ1n) is 8.50. The molecule has 134 valence electrons.